The third kappa shape index (κ3) is 4.09. The summed E-state index contributed by atoms with van der Waals surface area (Å²) in [7, 11) is 0. The van der Waals surface area contributed by atoms with Crippen LogP contribution in [0.15, 0.2) is 0 Å². The first-order chi connectivity index (χ1) is 9.49. The molecule has 0 radical (unpaired) electrons. The van der Waals surface area contributed by atoms with Gasteiger partial charge in [0.2, 0.25) is 0 Å². The number of rotatable bonds is 3. The molecule has 0 saturated carbocycles. The van der Waals surface area contributed by atoms with Crippen molar-refractivity contribution in [2.75, 3.05) is 45.9 Å². The Kier molecular flexibility index (Phi) is 5.27. The van der Waals surface area contributed by atoms with E-state index in [0.29, 0.717) is 6.54 Å². The Balaban J connectivity index is 1.76. The van der Waals surface area contributed by atoms with E-state index in [-0.39, 0.29) is 11.6 Å². The molecule has 0 aliphatic carbocycles. The SMILES string of the molecule is CC1CCN(C(=O)NCC(C)(C)N2CCOCC2)CC1. The Hall–Kier alpha value is -0.810. The number of likely N-dealkylation sites (tertiary alicyclic amines) is 1. The Bertz CT molecular complexity index is 319. The summed E-state index contributed by atoms with van der Waals surface area (Å²) >= 11 is 0. The molecule has 2 rings (SSSR count). The molecular weight excluding hydrogens is 254 g/mol. The Morgan fingerprint density at radius 1 is 1.20 bits per heavy atom. The number of carbonyl (C=O) groups excluding carboxylic acids is 1. The summed E-state index contributed by atoms with van der Waals surface area (Å²) in [6.45, 7) is 12.6. The van der Waals surface area contributed by atoms with Gasteiger partial charge in [0, 0.05) is 38.3 Å². The summed E-state index contributed by atoms with van der Waals surface area (Å²) in [4.78, 5) is 16.6. The number of ether oxygens (including phenoxy) is 1. The molecule has 0 unspecified atom stereocenters. The summed E-state index contributed by atoms with van der Waals surface area (Å²) in [5.74, 6) is 0.754. The van der Waals surface area contributed by atoms with Crippen molar-refractivity contribution in [1.82, 2.24) is 15.1 Å². The second-order valence-electron chi connectivity index (χ2n) is 6.74. The van der Waals surface area contributed by atoms with Crippen LogP contribution in [0.4, 0.5) is 4.79 Å². The van der Waals surface area contributed by atoms with E-state index < -0.39 is 0 Å². The first-order valence-electron chi connectivity index (χ1n) is 7.84. The zero-order chi connectivity index (χ0) is 14.6. The fourth-order valence-corrected chi connectivity index (χ4v) is 2.90. The molecule has 20 heavy (non-hydrogen) atoms. The summed E-state index contributed by atoms with van der Waals surface area (Å²) in [5, 5.41) is 3.11. The first-order valence-corrected chi connectivity index (χ1v) is 7.84. The maximum Gasteiger partial charge on any atom is 0.317 e. The van der Waals surface area contributed by atoms with Crippen molar-refractivity contribution in [3.8, 4) is 0 Å². The van der Waals surface area contributed by atoms with Crippen molar-refractivity contribution in [1.29, 1.82) is 0 Å². The molecule has 2 fully saturated rings. The molecule has 5 nitrogen and oxygen atoms in total. The molecule has 0 aromatic carbocycles. The maximum atomic E-state index is 12.2. The second-order valence-corrected chi connectivity index (χ2v) is 6.74. The van der Waals surface area contributed by atoms with E-state index in [2.05, 4.69) is 31.0 Å². The first kappa shape index (κ1) is 15.6. The Morgan fingerprint density at radius 2 is 1.80 bits per heavy atom. The fourth-order valence-electron chi connectivity index (χ4n) is 2.90. The number of hydrogen-bond donors (Lipinski definition) is 1. The van der Waals surface area contributed by atoms with Gasteiger partial charge in [-0.25, -0.2) is 4.79 Å². The van der Waals surface area contributed by atoms with E-state index in [1.54, 1.807) is 0 Å². The highest BCUT2D eigenvalue weighted by Gasteiger charge is 2.29. The van der Waals surface area contributed by atoms with Gasteiger partial charge in [0.05, 0.1) is 13.2 Å². The molecule has 2 saturated heterocycles. The smallest absolute Gasteiger partial charge is 0.317 e. The fraction of sp³-hybridized carbons (Fsp3) is 0.933. The third-order valence-corrected chi connectivity index (χ3v) is 4.61. The van der Waals surface area contributed by atoms with Crippen molar-refractivity contribution in [2.24, 2.45) is 5.92 Å². The van der Waals surface area contributed by atoms with Crippen LogP contribution in [0.3, 0.4) is 0 Å². The molecule has 2 heterocycles. The third-order valence-electron chi connectivity index (χ3n) is 4.61. The zero-order valence-corrected chi connectivity index (χ0v) is 13.2. The van der Waals surface area contributed by atoms with Crippen LogP contribution in [0.2, 0.25) is 0 Å². The molecule has 0 bridgehead atoms. The predicted octanol–water partition coefficient (Wildman–Crippen LogP) is 1.54. The number of amides is 2. The van der Waals surface area contributed by atoms with Gasteiger partial charge in [0.1, 0.15) is 0 Å². The predicted molar refractivity (Wildman–Crippen MR) is 79.8 cm³/mol. The van der Waals surface area contributed by atoms with Crippen LogP contribution in [-0.4, -0.2) is 67.3 Å². The van der Waals surface area contributed by atoms with E-state index in [1.165, 1.54) is 0 Å². The minimum atomic E-state index is -0.0114. The molecule has 0 aromatic rings. The number of morpholine rings is 1. The lowest BCUT2D eigenvalue weighted by Gasteiger charge is -2.41. The minimum absolute atomic E-state index is 0.0114. The highest BCUT2D eigenvalue weighted by molar-refractivity contribution is 5.74. The van der Waals surface area contributed by atoms with Gasteiger partial charge in [-0.05, 0) is 32.6 Å². The molecule has 5 heteroatoms. The zero-order valence-electron chi connectivity index (χ0n) is 13.2. The average Bonchev–Trinajstić information content (AvgIpc) is 2.46. The molecule has 2 aliphatic rings. The quantitative estimate of drug-likeness (QED) is 0.854. The number of hydrogen-bond acceptors (Lipinski definition) is 3. The summed E-state index contributed by atoms with van der Waals surface area (Å²) in [6, 6.07) is 0.0956. The summed E-state index contributed by atoms with van der Waals surface area (Å²) in [6.07, 6.45) is 2.25. The van der Waals surface area contributed by atoms with Crippen molar-refractivity contribution in [3.63, 3.8) is 0 Å². The highest BCUT2D eigenvalue weighted by Crippen LogP contribution is 2.17. The van der Waals surface area contributed by atoms with Crippen molar-refractivity contribution >= 4 is 6.03 Å². The largest absolute Gasteiger partial charge is 0.379 e. The maximum absolute atomic E-state index is 12.2. The highest BCUT2D eigenvalue weighted by atomic mass is 16.5. The summed E-state index contributed by atoms with van der Waals surface area (Å²) < 4.78 is 5.39. The van der Waals surface area contributed by atoms with Crippen LogP contribution in [0.25, 0.3) is 0 Å². The number of nitrogens with zero attached hydrogens (tertiary/aromatic N) is 2. The molecule has 2 aliphatic heterocycles. The van der Waals surface area contributed by atoms with Crippen LogP contribution in [-0.2, 0) is 4.74 Å². The number of urea groups is 1. The van der Waals surface area contributed by atoms with Gasteiger partial charge in [-0.3, -0.25) is 4.90 Å². The van der Waals surface area contributed by atoms with Gasteiger partial charge in [0.15, 0.2) is 0 Å². The summed E-state index contributed by atoms with van der Waals surface area (Å²) in [5.41, 5.74) is -0.0114. The van der Waals surface area contributed by atoms with E-state index in [0.717, 1.165) is 58.2 Å². The van der Waals surface area contributed by atoms with Gasteiger partial charge in [-0.15, -0.1) is 0 Å². The molecule has 0 aromatic heterocycles. The van der Waals surface area contributed by atoms with Crippen LogP contribution < -0.4 is 5.32 Å². The van der Waals surface area contributed by atoms with Crippen LogP contribution in [0, 0.1) is 5.92 Å². The molecule has 0 atom stereocenters. The van der Waals surface area contributed by atoms with Gasteiger partial charge in [0.25, 0.3) is 0 Å². The lowest BCUT2D eigenvalue weighted by atomic mass is 9.99. The lowest BCUT2D eigenvalue weighted by Crippen LogP contribution is -2.57. The van der Waals surface area contributed by atoms with Crippen LogP contribution >= 0.6 is 0 Å². The number of piperidine rings is 1. The topological polar surface area (TPSA) is 44.8 Å². The van der Waals surface area contributed by atoms with Crippen molar-refractivity contribution in [3.05, 3.63) is 0 Å². The van der Waals surface area contributed by atoms with E-state index in [1.807, 2.05) is 4.90 Å². The molecule has 2 amide bonds. The van der Waals surface area contributed by atoms with Crippen molar-refractivity contribution in [2.45, 2.75) is 39.2 Å². The Morgan fingerprint density at radius 3 is 2.40 bits per heavy atom. The van der Waals surface area contributed by atoms with E-state index in [9.17, 15) is 4.79 Å². The normalized spacial score (nSPS) is 22.9. The van der Waals surface area contributed by atoms with Crippen LogP contribution in [0.1, 0.15) is 33.6 Å². The van der Waals surface area contributed by atoms with Gasteiger partial charge >= 0.3 is 6.03 Å². The number of nitrogens with one attached hydrogen (secondary N) is 1. The standard InChI is InChI=1S/C15H29N3O2/c1-13-4-6-17(7-5-13)14(19)16-12-15(2,3)18-8-10-20-11-9-18/h13H,4-12H2,1-3H3,(H,16,19). The Labute approximate surface area is 122 Å². The number of carbonyl (C=O) groups is 1. The van der Waals surface area contributed by atoms with E-state index in [4.69, 9.17) is 4.74 Å². The average molecular weight is 283 g/mol. The van der Waals surface area contributed by atoms with Gasteiger partial charge in [-0.1, -0.05) is 6.92 Å². The minimum Gasteiger partial charge on any atom is -0.379 e. The molecule has 116 valence electrons. The molecule has 0 spiro atoms. The molecular formula is C15H29N3O2. The van der Waals surface area contributed by atoms with Crippen molar-refractivity contribution < 1.29 is 9.53 Å². The van der Waals surface area contributed by atoms with Gasteiger partial charge < -0.3 is 15.0 Å². The second kappa shape index (κ2) is 6.76. The van der Waals surface area contributed by atoms with Crippen LogP contribution in [0.5, 0.6) is 0 Å². The van der Waals surface area contributed by atoms with E-state index >= 15 is 0 Å². The van der Waals surface area contributed by atoms with Gasteiger partial charge in [-0.2, -0.15) is 0 Å². The molecule has 1 N–H and O–H groups in total. The monoisotopic (exact) mass is 283 g/mol. The lowest BCUT2D eigenvalue weighted by molar-refractivity contribution is -0.00911.